The molecule has 0 heterocycles. The van der Waals surface area contributed by atoms with E-state index in [0.717, 1.165) is 23.8 Å². The molecule has 4 bridgehead atoms. The number of halogens is 2. The van der Waals surface area contributed by atoms with Crippen molar-refractivity contribution in [2.75, 3.05) is 0 Å². The van der Waals surface area contributed by atoms with E-state index in [1.165, 1.54) is 44.2 Å². The van der Waals surface area contributed by atoms with Crippen molar-refractivity contribution in [1.82, 2.24) is 5.32 Å². The number of hydrogen-bond acceptors (Lipinski definition) is 1. The first-order valence-corrected chi connectivity index (χ1v) is 9.88. The van der Waals surface area contributed by atoms with Crippen molar-refractivity contribution in [3.8, 4) is 0 Å². The maximum absolute atomic E-state index is 13.0. The van der Waals surface area contributed by atoms with Crippen molar-refractivity contribution in [2.24, 2.45) is 17.3 Å². The number of nitrogens with one attached hydrogen (secondary N) is 1. The van der Waals surface area contributed by atoms with Crippen molar-refractivity contribution in [3.63, 3.8) is 0 Å². The molecule has 0 aliphatic heterocycles. The molecule has 24 heavy (non-hydrogen) atoms. The Morgan fingerprint density at radius 1 is 1.25 bits per heavy atom. The van der Waals surface area contributed by atoms with E-state index in [4.69, 9.17) is 0 Å². The van der Waals surface area contributed by atoms with Crippen LogP contribution >= 0.6 is 15.9 Å². The third-order valence-electron chi connectivity index (χ3n) is 6.39. The maximum atomic E-state index is 13.0. The van der Waals surface area contributed by atoms with Gasteiger partial charge in [0, 0.05) is 10.7 Å². The Morgan fingerprint density at radius 2 is 1.88 bits per heavy atom. The van der Waals surface area contributed by atoms with E-state index in [9.17, 15) is 9.18 Å². The fraction of sp³-hybridized carbons (Fsp3) is 0.650. The van der Waals surface area contributed by atoms with Gasteiger partial charge in [0.05, 0.1) is 6.04 Å². The summed E-state index contributed by atoms with van der Waals surface area (Å²) in [4.78, 5) is 12.7. The Balaban J connectivity index is 1.42. The molecule has 2 unspecified atom stereocenters. The molecule has 5 rings (SSSR count). The maximum Gasteiger partial charge on any atom is 0.221 e. The standard InChI is InChI=1S/C20H25BrFNO/c1-13(16-2-4-17(22)5-3-16)23-18(24)11-19-7-14-6-15(8-19)10-20(21,9-14)12-19/h2-5,13-15H,6-12H2,1H3,(H,23,24)/t13-,14-,15+,19?,20?/m0/s1. The molecule has 130 valence electrons. The number of amides is 1. The van der Waals surface area contributed by atoms with Gasteiger partial charge in [0.1, 0.15) is 5.82 Å². The van der Waals surface area contributed by atoms with Crippen LogP contribution in [0.15, 0.2) is 24.3 Å². The molecule has 4 heteroatoms. The average molecular weight is 394 g/mol. The van der Waals surface area contributed by atoms with E-state index in [1.54, 1.807) is 12.1 Å². The lowest BCUT2D eigenvalue weighted by Crippen LogP contribution is -2.54. The molecule has 1 aromatic rings. The minimum Gasteiger partial charge on any atom is -0.350 e. The minimum absolute atomic E-state index is 0.0788. The lowest BCUT2D eigenvalue weighted by molar-refractivity contribution is -0.128. The van der Waals surface area contributed by atoms with Crippen LogP contribution in [0.3, 0.4) is 0 Å². The first-order valence-electron chi connectivity index (χ1n) is 9.09. The van der Waals surface area contributed by atoms with Gasteiger partial charge in [-0.05, 0) is 80.4 Å². The molecule has 1 aromatic carbocycles. The quantitative estimate of drug-likeness (QED) is 0.705. The zero-order chi connectivity index (χ0) is 16.9. The second-order valence-corrected chi connectivity index (χ2v) is 10.3. The molecule has 1 N–H and O–H groups in total. The molecule has 0 spiro atoms. The lowest BCUT2D eigenvalue weighted by atomic mass is 9.48. The summed E-state index contributed by atoms with van der Waals surface area (Å²) >= 11 is 4.01. The Kier molecular flexibility index (Phi) is 4.02. The average Bonchev–Trinajstić information content (AvgIpc) is 2.44. The molecule has 1 amide bonds. The first kappa shape index (κ1) is 16.6. The fourth-order valence-corrected chi connectivity index (χ4v) is 7.52. The van der Waals surface area contributed by atoms with Gasteiger partial charge in [0.15, 0.2) is 0 Å². The summed E-state index contributed by atoms with van der Waals surface area (Å²) in [6.45, 7) is 1.97. The highest BCUT2D eigenvalue weighted by molar-refractivity contribution is 9.10. The normalized spacial score (nSPS) is 38.1. The number of hydrogen-bond donors (Lipinski definition) is 1. The van der Waals surface area contributed by atoms with Gasteiger partial charge in [-0.1, -0.05) is 28.1 Å². The number of carbonyl (C=O) groups excluding carboxylic acids is 1. The molecule has 0 radical (unpaired) electrons. The van der Waals surface area contributed by atoms with Crippen molar-refractivity contribution < 1.29 is 9.18 Å². The molecule has 2 nitrogen and oxygen atoms in total. The zero-order valence-corrected chi connectivity index (χ0v) is 15.7. The van der Waals surface area contributed by atoms with Gasteiger partial charge in [-0.25, -0.2) is 4.39 Å². The Labute approximate surface area is 151 Å². The Bertz CT molecular complexity index is 630. The number of alkyl halides is 1. The van der Waals surface area contributed by atoms with Crippen LogP contribution in [-0.4, -0.2) is 10.2 Å². The van der Waals surface area contributed by atoms with Crippen LogP contribution in [0.5, 0.6) is 0 Å². The topological polar surface area (TPSA) is 29.1 Å². The summed E-state index contributed by atoms with van der Waals surface area (Å²) < 4.78 is 13.3. The van der Waals surface area contributed by atoms with E-state index in [1.807, 2.05) is 6.92 Å². The van der Waals surface area contributed by atoms with E-state index >= 15 is 0 Å². The molecule has 0 saturated heterocycles. The van der Waals surface area contributed by atoms with E-state index in [-0.39, 0.29) is 23.2 Å². The van der Waals surface area contributed by atoms with Gasteiger partial charge in [0.25, 0.3) is 0 Å². The van der Waals surface area contributed by atoms with Crippen LogP contribution in [-0.2, 0) is 4.79 Å². The summed E-state index contributed by atoms with van der Waals surface area (Å²) in [5, 5.41) is 3.13. The largest absolute Gasteiger partial charge is 0.350 e. The van der Waals surface area contributed by atoms with Gasteiger partial charge in [-0.3, -0.25) is 4.79 Å². The Hall–Kier alpha value is -0.900. The SMILES string of the molecule is C[C@H](NC(=O)CC12C[C@@H]3C[C@@H](CC(Br)(C3)C1)C2)c1ccc(F)cc1. The summed E-state index contributed by atoms with van der Waals surface area (Å²) in [7, 11) is 0. The third kappa shape index (κ3) is 3.14. The van der Waals surface area contributed by atoms with Crippen LogP contribution in [0.2, 0.25) is 0 Å². The van der Waals surface area contributed by atoms with Crippen molar-refractivity contribution in [3.05, 3.63) is 35.6 Å². The fourth-order valence-electron chi connectivity index (χ4n) is 6.01. The molecule has 4 fully saturated rings. The second-order valence-electron chi connectivity index (χ2n) is 8.63. The Morgan fingerprint density at radius 3 is 2.46 bits per heavy atom. The van der Waals surface area contributed by atoms with E-state index in [2.05, 4.69) is 21.2 Å². The predicted molar refractivity (Wildman–Crippen MR) is 96.3 cm³/mol. The highest BCUT2D eigenvalue weighted by atomic mass is 79.9. The van der Waals surface area contributed by atoms with Crippen LogP contribution in [0.25, 0.3) is 0 Å². The van der Waals surface area contributed by atoms with Crippen LogP contribution in [0.1, 0.15) is 63.5 Å². The number of rotatable bonds is 4. The molecule has 0 aromatic heterocycles. The molecule has 4 aliphatic rings. The molecule has 4 aliphatic carbocycles. The highest BCUT2D eigenvalue weighted by Gasteiger charge is 2.57. The number of carbonyl (C=O) groups is 1. The molecule has 5 atom stereocenters. The van der Waals surface area contributed by atoms with Gasteiger partial charge < -0.3 is 5.32 Å². The van der Waals surface area contributed by atoms with E-state index < -0.39 is 0 Å². The number of benzene rings is 1. The van der Waals surface area contributed by atoms with Crippen molar-refractivity contribution >= 4 is 21.8 Å². The predicted octanol–water partition coefficient (Wildman–Crippen LogP) is 5.13. The van der Waals surface area contributed by atoms with E-state index in [0.29, 0.717) is 10.7 Å². The smallest absolute Gasteiger partial charge is 0.221 e. The highest BCUT2D eigenvalue weighted by Crippen LogP contribution is 2.65. The van der Waals surface area contributed by atoms with Crippen LogP contribution in [0, 0.1) is 23.1 Å². The summed E-state index contributed by atoms with van der Waals surface area (Å²) in [5.74, 6) is 1.50. The summed E-state index contributed by atoms with van der Waals surface area (Å²) in [6, 6.07) is 6.32. The van der Waals surface area contributed by atoms with Gasteiger partial charge in [0.2, 0.25) is 5.91 Å². The van der Waals surface area contributed by atoms with Crippen LogP contribution < -0.4 is 5.32 Å². The molecular formula is C20H25BrFNO. The third-order valence-corrected chi connectivity index (χ3v) is 7.32. The zero-order valence-electron chi connectivity index (χ0n) is 14.2. The summed E-state index contributed by atoms with van der Waals surface area (Å²) in [6.07, 6.45) is 8.16. The molecule has 4 saturated carbocycles. The summed E-state index contributed by atoms with van der Waals surface area (Å²) in [5.41, 5.74) is 1.15. The first-order chi connectivity index (χ1) is 11.3. The van der Waals surface area contributed by atoms with Crippen LogP contribution in [0.4, 0.5) is 4.39 Å². The van der Waals surface area contributed by atoms with Gasteiger partial charge in [-0.2, -0.15) is 0 Å². The van der Waals surface area contributed by atoms with Crippen molar-refractivity contribution in [1.29, 1.82) is 0 Å². The lowest BCUT2D eigenvalue weighted by Gasteiger charge is -2.60. The molecular weight excluding hydrogens is 369 g/mol. The van der Waals surface area contributed by atoms with Gasteiger partial charge >= 0.3 is 0 Å². The minimum atomic E-state index is -0.242. The monoisotopic (exact) mass is 393 g/mol. The van der Waals surface area contributed by atoms with Crippen molar-refractivity contribution in [2.45, 2.75) is 62.2 Å². The second kappa shape index (κ2) is 5.82. The van der Waals surface area contributed by atoms with Gasteiger partial charge in [-0.15, -0.1) is 0 Å².